The maximum atomic E-state index is 14.0. The summed E-state index contributed by atoms with van der Waals surface area (Å²) in [7, 11) is -3.79. The van der Waals surface area contributed by atoms with Gasteiger partial charge in [-0.3, -0.25) is 13.9 Å². The first-order chi connectivity index (χ1) is 20.5. The summed E-state index contributed by atoms with van der Waals surface area (Å²) in [5.41, 5.74) is 2.78. The molecule has 1 N–H and O–H groups in total. The van der Waals surface area contributed by atoms with Gasteiger partial charge in [0.15, 0.2) is 0 Å². The van der Waals surface area contributed by atoms with Crippen LogP contribution >= 0.6 is 11.6 Å². The van der Waals surface area contributed by atoms with Gasteiger partial charge in [-0.15, -0.1) is 0 Å². The van der Waals surface area contributed by atoms with Gasteiger partial charge in [0.1, 0.15) is 12.6 Å². The number of rotatable bonds is 13. The summed E-state index contributed by atoms with van der Waals surface area (Å²) >= 11 is 6.09. The van der Waals surface area contributed by atoms with E-state index in [4.69, 9.17) is 11.6 Å². The van der Waals surface area contributed by atoms with Crippen molar-refractivity contribution in [2.75, 3.05) is 23.7 Å². The van der Waals surface area contributed by atoms with Crippen molar-refractivity contribution < 1.29 is 18.0 Å². The first-order valence-corrected chi connectivity index (χ1v) is 18.1. The van der Waals surface area contributed by atoms with Crippen molar-refractivity contribution in [1.82, 2.24) is 10.2 Å². The minimum absolute atomic E-state index is 0.165. The SMILES string of the molecule is CCCCNC(=O)[C@H](CC)N(Cc1ccc(Cl)cc1)C(=O)CN(c1ccc(C23CC4CC(CC(C4)C2)C3)cc1)S(C)(=O)=O. The lowest BCUT2D eigenvalue weighted by molar-refractivity contribution is -0.140. The number of hydrogen-bond acceptors (Lipinski definition) is 4. The number of nitrogens with one attached hydrogen (secondary N) is 1. The van der Waals surface area contributed by atoms with Gasteiger partial charge in [-0.2, -0.15) is 0 Å². The third-order valence-electron chi connectivity index (χ3n) is 9.97. The van der Waals surface area contributed by atoms with Crippen LogP contribution < -0.4 is 9.62 Å². The summed E-state index contributed by atoms with van der Waals surface area (Å²) in [5.74, 6) is 1.78. The van der Waals surface area contributed by atoms with Gasteiger partial charge < -0.3 is 10.2 Å². The van der Waals surface area contributed by atoms with Crippen molar-refractivity contribution in [3.63, 3.8) is 0 Å². The Bertz CT molecular complexity index is 1360. The number of sulfonamides is 1. The van der Waals surface area contributed by atoms with E-state index in [0.29, 0.717) is 23.7 Å². The molecule has 0 aromatic heterocycles. The number of hydrogen-bond donors (Lipinski definition) is 1. The summed E-state index contributed by atoms with van der Waals surface area (Å²) in [4.78, 5) is 28.7. The van der Waals surface area contributed by atoms with Crippen LogP contribution in [0.25, 0.3) is 0 Å². The fourth-order valence-corrected chi connectivity index (χ4v) is 9.25. The molecule has 4 aliphatic rings. The zero-order valence-electron chi connectivity index (χ0n) is 25.7. The van der Waals surface area contributed by atoms with Crippen LogP contribution in [0.4, 0.5) is 5.69 Å². The number of benzene rings is 2. The van der Waals surface area contributed by atoms with Gasteiger partial charge in [0.2, 0.25) is 21.8 Å². The van der Waals surface area contributed by atoms with E-state index in [1.54, 1.807) is 12.1 Å². The van der Waals surface area contributed by atoms with E-state index in [1.165, 1.54) is 53.3 Å². The number of anilines is 1. The van der Waals surface area contributed by atoms with Crippen LogP contribution in [0.15, 0.2) is 48.5 Å². The molecule has 43 heavy (non-hydrogen) atoms. The van der Waals surface area contributed by atoms with Gasteiger partial charge in [-0.05, 0) is 110 Å². The molecule has 0 heterocycles. The number of halogens is 1. The van der Waals surface area contributed by atoms with E-state index >= 15 is 0 Å². The van der Waals surface area contributed by atoms with Crippen LogP contribution in [0.1, 0.15) is 82.8 Å². The highest BCUT2D eigenvalue weighted by atomic mass is 35.5. The molecule has 0 spiro atoms. The van der Waals surface area contributed by atoms with Crippen molar-refractivity contribution in [1.29, 1.82) is 0 Å². The van der Waals surface area contributed by atoms with E-state index in [9.17, 15) is 18.0 Å². The van der Waals surface area contributed by atoms with Gasteiger partial charge in [-0.25, -0.2) is 8.42 Å². The molecular formula is C34H46ClN3O4S. The molecule has 4 bridgehead atoms. The fraction of sp³-hybridized carbons (Fsp3) is 0.588. The molecule has 2 aromatic rings. The first-order valence-electron chi connectivity index (χ1n) is 15.9. The smallest absolute Gasteiger partial charge is 0.244 e. The Kier molecular flexibility index (Phi) is 9.76. The Morgan fingerprint density at radius 2 is 1.53 bits per heavy atom. The van der Waals surface area contributed by atoms with Crippen molar-refractivity contribution in [2.24, 2.45) is 17.8 Å². The van der Waals surface area contributed by atoms with Gasteiger partial charge >= 0.3 is 0 Å². The second kappa shape index (κ2) is 13.2. The Hall–Kier alpha value is -2.58. The Morgan fingerprint density at radius 1 is 0.953 bits per heavy atom. The molecule has 4 saturated carbocycles. The van der Waals surface area contributed by atoms with Crippen molar-refractivity contribution in [2.45, 2.75) is 89.6 Å². The van der Waals surface area contributed by atoms with Crippen molar-refractivity contribution in [3.05, 3.63) is 64.7 Å². The van der Waals surface area contributed by atoms with Crippen molar-refractivity contribution >= 4 is 39.1 Å². The topological polar surface area (TPSA) is 86.8 Å². The standard InChI is InChI=1S/C34H46ClN3O4S/c1-4-6-15-36-33(40)31(5-2)37(22-24-7-11-29(35)12-8-24)32(39)23-38(43(3,41)42)30-13-9-28(10-14-30)34-19-25-16-26(20-34)18-27(17-25)21-34/h7-14,25-27,31H,4-6,15-23H2,1-3H3,(H,36,40)/t25?,26?,27?,31-,34?/m0/s1. The Labute approximate surface area is 262 Å². The monoisotopic (exact) mass is 627 g/mol. The second-order valence-electron chi connectivity index (χ2n) is 13.2. The van der Waals surface area contributed by atoms with Crippen LogP contribution in [-0.2, 0) is 31.6 Å². The molecule has 234 valence electrons. The number of carbonyl (C=O) groups is 2. The number of carbonyl (C=O) groups excluding carboxylic acids is 2. The molecule has 0 unspecified atom stereocenters. The molecule has 0 aliphatic heterocycles. The molecule has 4 fully saturated rings. The van der Waals surface area contributed by atoms with Gasteiger partial charge in [0.05, 0.1) is 11.9 Å². The average Bonchev–Trinajstić information content (AvgIpc) is 2.95. The van der Waals surface area contributed by atoms with E-state index in [1.807, 2.05) is 31.2 Å². The maximum Gasteiger partial charge on any atom is 0.244 e. The lowest BCUT2D eigenvalue weighted by Crippen LogP contribution is -2.52. The summed E-state index contributed by atoms with van der Waals surface area (Å²) < 4.78 is 27.4. The van der Waals surface area contributed by atoms with Crippen LogP contribution in [0.2, 0.25) is 5.02 Å². The largest absolute Gasteiger partial charge is 0.354 e. The van der Waals surface area contributed by atoms with E-state index in [0.717, 1.165) is 42.4 Å². The highest BCUT2D eigenvalue weighted by Crippen LogP contribution is 2.60. The van der Waals surface area contributed by atoms with Crippen molar-refractivity contribution in [3.8, 4) is 0 Å². The lowest BCUT2D eigenvalue weighted by atomic mass is 9.48. The molecule has 7 nitrogen and oxygen atoms in total. The molecule has 1 atom stereocenters. The summed E-state index contributed by atoms with van der Waals surface area (Å²) in [5, 5.41) is 3.53. The Morgan fingerprint density at radius 3 is 2.05 bits per heavy atom. The Balaban J connectivity index is 1.38. The molecule has 6 rings (SSSR count). The zero-order chi connectivity index (χ0) is 30.8. The van der Waals surface area contributed by atoms with Crippen LogP contribution in [0.3, 0.4) is 0 Å². The molecular weight excluding hydrogens is 582 g/mol. The summed E-state index contributed by atoms with van der Waals surface area (Å²) in [6, 6.07) is 14.3. The number of nitrogens with zero attached hydrogens (tertiary/aromatic N) is 2. The van der Waals surface area contributed by atoms with E-state index < -0.39 is 22.0 Å². The van der Waals surface area contributed by atoms with Gasteiger partial charge in [-0.1, -0.05) is 56.1 Å². The highest BCUT2D eigenvalue weighted by Gasteiger charge is 2.51. The van der Waals surface area contributed by atoms with Gasteiger partial charge in [0.25, 0.3) is 0 Å². The third kappa shape index (κ3) is 7.22. The molecule has 2 amide bonds. The predicted molar refractivity (Wildman–Crippen MR) is 172 cm³/mol. The van der Waals surface area contributed by atoms with Gasteiger partial charge in [0, 0.05) is 18.1 Å². The third-order valence-corrected chi connectivity index (χ3v) is 11.4. The summed E-state index contributed by atoms with van der Waals surface area (Å²) in [6.45, 7) is 4.22. The molecule has 2 aromatic carbocycles. The minimum atomic E-state index is -3.79. The minimum Gasteiger partial charge on any atom is -0.354 e. The quantitative estimate of drug-likeness (QED) is 0.264. The van der Waals surface area contributed by atoms with E-state index in [-0.39, 0.29) is 24.4 Å². The van der Waals surface area contributed by atoms with Crippen LogP contribution in [0.5, 0.6) is 0 Å². The summed E-state index contributed by atoms with van der Waals surface area (Å²) in [6.07, 6.45) is 11.1. The number of amides is 2. The fourth-order valence-electron chi connectivity index (χ4n) is 8.27. The van der Waals surface area contributed by atoms with Crippen LogP contribution in [0, 0.1) is 17.8 Å². The molecule has 4 aliphatic carbocycles. The maximum absolute atomic E-state index is 14.0. The lowest BCUT2D eigenvalue weighted by Gasteiger charge is -2.57. The highest BCUT2D eigenvalue weighted by molar-refractivity contribution is 7.92. The molecule has 0 saturated heterocycles. The first kappa shape index (κ1) is 31.8. The second-order valence-corrected chi connectivity index (χ2v) is 15.6. The van der Waals surface area contributed by atoms with E-state index in [2.05, 4.69) is 24.4 Å². The average molecular weight is 628 g/mol. The molecule has 9 heteroatoms. The van der Waals surface area contributed by atoms with Crippen LogP contribution in [-0.4, -0.2) is 50.5 Å². The predicted octanol–water partition coefficient (Wildman–Crippen LogP) is 6.30. The number of unbranched alkanes of at least 4 members (excludes halogenated alkanes) is 1. The normalized spacial score (nSPS) is 24.9. The zero-order valence-corrected chi connectivity index (χ0v) is 27.3. The molecule has 0 radical (unpaired) electrons.